The van der Waals surface area contributed by atoms with Gasteiger partial charge >= 0.3 is 12.2 Å². The van der Waals surface area contributed by atoms with E-state index in [4.69, 9.17) is 9.15 Å². The maximum Gasteiger partial charge on any atom is 0.416 e. The van der Waals surface area contributed by atoms with Gasteiger partial charge in [0.15, 0.2) is 0 Å². The molecule has 0 aliphatic carbocycles. The van der Waals surface area contributed by atoms with Crippen molar-refractivity contribution in [1.29, 1.82) is 0 Å². The van der Waals surface area contributed by atoms with E-state index < -0.39 is 17.8 Å². The van der Waals surface area contributed by atoms with Crippen LogP contribution >= 0.6 is 0 Å². The van der Waals surface area contributed by atoms with Crippen molar-refractivity contribution in [2.24, 2.45) is 0 Å². The molecule has 1 aliphatic heterocycles. The summed E-state index contributed by atoms with van der Waals surface area (Å²) in [5, 5.41) is 2.54. The average molecular weight is 559 g/mol. The van der Waals surface area contributed by atoms with Crippen LogP contribution in [-0.2, 0) is 28.7 Å². The second-order valence-electron chi connectivity index (χ2n) is 9.51. The molecule has 3 amide bonds. The van der Waals surface area contributed by atoms with Gasteiger partial charge in [-0.2, -0.15) is 13.2 Å². The fourth-order valence-electron chi connectivity index (χ4n) is 4.37. The summed E-state index contributed by atoms with van der Waals surface area (Å²) >= 11 is 0. The van der Waals surface area contributed by atoms with Crippen molar-refractivity contribution in [3.05, 3.63) is 89.9 Å². The van der Waals surface area contributed by atoms with Gasteiger partial charge in [0.2, 0.25) is 5.91 Å². The Kier molecular flexibility index (Phi) is 10.2. The Bertz CT molecular complexity index is 1220. The summed E-state index contributed by atoms with van der Waals surface area (Å²) in [5.74, 6) is 0.309. The highest BCUT2D eigenvalue weighted by molar-refractivity contribution is 5.92. The van der Waals surface area contributed by atoms with E-state index in [0.717, 1.165) is 17.7 Å². The summed E-state index contributed by atoms with van der Waals surface area (Å²) in [4.78, 5) is 32.0. The number of anilines is 1. The van der Waals surface area contributed by atoms with Crippen LogP contribution in [0.1, 0.15) is 16.9 Å². The molecule has 0 atom stereocenters. The van der Waals surface area contributed by atoms with E-state index in [-0.39, 0.29) is 31.2 Å². The molecule has 40 heavy (non-hydrogen) atoms. The molecule has 11 heteroatoms. The number of nitrogens with one attached hydrogen (secondary N) is 1. The van der Waals surface area contributed by atoms with Crippen LogP contribution in [0.25, 0.3) is 0 Å². The molecule has 214 valence electrons. The van der Waals surface area contributed by atoms with Crippen molar-refractivity contribution in [2.45, 2.75) is 19.1 Å². The highest BCUT2D eigenvalue weighted by Crippen LogP contribution is 2.30. The molecule has 8 nitrogen and oxygen atoms in total. The molecule has 1 aliphatic rings. The zero-order valence-electron chi connectivity index (χ0n) is 22.1. The van der Waals surface area contributed by atoms with Gasteiger partial charge in [-0.25, -0.2) is 4.79 Å². The van der Waals surface area contributed by atoms with Crippen LogP contribution in [0.5, 0.6) is 0 Å². The number of benzene rings is 2. The lowest BCUT2D eigenvalue weighted by atomic mass is 10.1. The number of alkyl halides is 3. The van der Waals surface area contributed by atoms with Gasteiger partial charge in [-0.3, -0.25) is 9.69 Å². The third-order valence-corrected chi connectivity index (χ3v) is 6.64. The van der Waals surface area contributed by atoms with Crippen molar-refractivity contribution in [1.82, 2.24) is 14.7 Å². The Morgan fingerprint density at radius 3 is 2.40 bits per heavy atom. The van der Waals surface area contributed by atoms with Crippen molar-refractivity contribution in [3.63, 3.8) is 0 Å². The first-order valence-electron chi connectivity index (χ1n) is 13.2. The van der Waals surface area contributed by atoms with Gasteiger partial charge in [0.25, 0.3) is 0 Å². The summed E-state index contributed by atoms with van der Waals surface area (Å²) in [7, 11) is 0. The fourth-order valence-corrected chi connectivity index (χ4v) is 4.37. The Balaban J connectivity index is 1.48. The quantitative estimate of drug-likeness (QED) is 0.368. The van der Waals surface area contributed by atoms with E-state index in [9.17, 15) is 22.8 Å². The maximum absolute atomic E-state index is 13.6. The average Bonchev–Trinajstić information content (AvgIpc) is 3.47. The highest BCUT2D eigenvalue weighted by atomic mass is 19.4. The zero-order chi connectivity index (χ0) is 28.4. The van der Waals surface area contributed by atoms with Gasteiger partial charge in [0.05, 0.1) is 31.6 Å². The van der Waals surface area contributed by atoms with Crippen molar-refractivity contribution in [2.75, 3.05) is 57.8 Å². The maximum atomic E-state index is 13.6. The second kappa shape index (κ2) is 14.0. The Labute approximate surface area is 231 Å². The number of carbonyl (C=O) groups is 2. The molecule has 2 heterocycles. The van der Waals surface area contributed by atoms with E-state index in [1.165, 1.54) is 23.3 Å². The van der Waals surface area contributed by atoms with Crippen LogP contribution in [0.15, 0.2) is 77.4 Å². The summed E-state index contributed by atoms with van der Waals surface area (Å²) < 4.78 is 50.5. The van der Waals surface area contributed by atoms with Crippen molar-refractivity contribution >= 4 is 17.6 Å². The third-order valence-electron chi connectivity index (χ3n) is 6.64. The molecule has 1 N–H and O–H groups in total. The smallest absolute Gasteiger partial charge is 0.416 e. The number of hydrogen-bond donors (Lipinski definition) is 1. The molecular weight excluding hydrogens is 525 g/mol. The lowest BCUT2D eigenvalue weighted by Gasteiger charge is -2.31. The normalized spacial score (nSPS) is 14.1. The Morgan fingerprint density at radius 1 is 0.925 bits per heavy atom. The first-order valence-corrected chi connectivity index (χ1v) is 13.2. The van der Waals surface area contributed by atoms with Gasteiger partial charge in [0, 0.05) is 38.4 Å². The molecule has 0 saturated carbocycles. The van der Waals surface area contributed by atoms with Crippen molar-refractivity contribution in [3.8, 4) is 0 Å². The van der Waals surface area contributed by atoms with E-state index in [1.807, 2.05) is 30.3 Å². The first-order chi connectivity index (χ1) is 19.3. The lowest BCUT2D eigenvalue weighted by molar-refractivity contribution is -0.137. The fraction of sp³-hybridized carbons (Fsp3) is 0.379. The minimum absolute atomic E-state index is 0.000153. The molecule has 1 fully saturated rings. The van der Waals surface area contributed by atoms with Crippen LogP contribution < -0.4 is 5.32 Å². The zero-order valence-corrected chi connectivity index (χ0v) is 22.1. The highest BCUT2D eigenvalue weighted by Gasteiger charge is 2.31. The van der Waals surface area contributed by atoms with Gasteiger partial charge < -0.3 is 24.3 Å². The molecule has 0 unspecified atom stereocenters. The summed E-state index contributed by atoms with van der Waals surface area (Å²) in [6.45, 7) is 3.62. The summed E-state index contributed by atoms with van der Waals surface area (Å²) in [6, 6.07) is 17.0. The van der Waals surface area contributed by atoms with E-state index in [2.05, 4.69) is 10.2 Å². The minimum atomic E-state index is -4.54. The number of furan rings is 1. The van der Waals surface area contributed by atoms with Crippen LogP contribution in [0, 0.1) is 0 Å². The van der Waals surface area contributed by atoms with Gasteiger partial charge in [-0.15, -0.1) is 0 Å². The summed E-state index contributed by atoms with van der Waals surface area (Å²) in [5.41, 5.74) is 0.193. The SMILES string of the molecule is O=C(CN(CCN1CCOCC1)C(=O)Nc1cccc(C(F)(F)F)c1)N(CCc1ccccc1)Cc1ccco1. The number of rotatable bonds is 11. The Morgan fingerprint density at radius 2 is 1.70 bits per heavy atom. The lowest BCUT2D eigenvalue weighted by Crippen LogP contribution is -2.48. The first kappa shape index (κ1) is 29.2. The number of hydrogen-bond acceptors (Lipinski definition) is 5. The van der Waals surface area contributed by atoms with E-state index in [1.54, 1.807) is 17.0 Å². The molecule has 0 radical (unpaired) electrons. The van der Waals surface area contributed by atoms with Crippen molar-refractivity contribution < 1.29 is 31.9 Å². The standard InChI is InChI=1S/C29H33F3N4O4/c30-29(31,32)24-8-4-9-25(20-24)33-28(38)36(14-13-34-15-18-39-19-16-34)22-27(37)35(21-26-10-5-17-40-26)12-11-23-6-2-1-3-7-23/h1-10,17,20H,11-16,18-19,21-22H2,(H,33,38). The largest absolute Gasteiger partial charge is 0.467 e. The van der Waals surface area contributed by atoms with Crippen LogP contribution in [0.3, 0.4) is 0 Å². The number of urea groups is 1. The van der Waals surface area contributed by atoms with E-state index in [0.29, 0.717) is 51.6 Å². The predicted octanol–water partition coefficient (Wildman–Crippen LogP) is 4.74. The molecule has 1 aromatic heterocycles. The number of nitrogens with zero attached hydrogens (tertiary/aromatic N) is 3. The van der Waals surface area contributed by atoms with Gasteiger partial charge in [-0.1, -0.05) is 36.4 Å². The number of morpholine rings is 1. The molecular formula is C29H33F3N4O4. The Hall–Kier alpha value is -3.83. The second-order valence-corrected chi connectivity index (χ2v) is 9.51. The number of halogens is 3. The van der Waals surface area contributed by atoms with Crippen LogP contribution in [0.4, 0.5) is 23.7 Å². The van der Waals surface area contributed by atoms with E-state index >= 15 is 0 Å². The third kappa shape index (κ3) is 8.85. The predicted molar refractivity (Wildman–Crippen MR) is 144 cm³/mol. The van der Waals surface area contributed by atoms with Gasteiger partial charge in [0.1, 0.15) is 12.3 Å². The van der Waals surface area contributed by atoms with Gasteiger partial charge in [-0.05, 0) is 42.3 Å². The monoisotopic (exact) mass is 558 g/mol. The molecule has 1 saturated heterocycles. The minimum Gasteiger partial charge on any atom is -0.467 e. The molecule has 0 bridgehead atoms. The number of amides is 3. The number of ether oxygens (including phenoxy) is 1. The molecule has 2 aromatic carbocycles. The summed E-state index contributed by atoms with van der Waals surface area (Å²) in [6.07, 6.45) is -2.40. The molecule has 4 rings (SSSR count). The van der Waals surface area contributed by atoms with Crippen LogP contribution in [-0.4, -0.2) is 79.1 Å². The number of carbonyl (C=O) groups excluding carboxylic acids is 2. The topological polar surface area (TPSA) is 78.3 Å². The molecule has 0 spiro atoms. The molecule has 3 aromatic rings. The van der Waals surface area contributed by atoms with Crippen LogP contribution in [0.2, 0.25) is 0 Å².